The van der Waals surface area contributed by atoms with Crippen molar-refractivity contribution in [2.75, 3.05) is 17.2 Å². The van der Waals surface area contributed by atoms with Gasteiger partial charge in [0.15, 0.2) is 6.61 Å². The lowest BCUT2D eigenvalue weighted by molar-refractivity contribution is -0.139. The molecule has 0 bridgehead atoms. The first kappa shape index (κ1) is 17.8. The second-order valence-corrected chi connectivity index (χ2v) is 5.75. The summed E-state index contributed by atoms with van der Waals surface area (Å²) >= 11 is 0. The number of aryl methyl sites for hydroxylation is 1. The Labute approximate surface area is 147 Å². The monoisotopic (exact) mass is 364 g/mol. The summed E-state index contributed by atoms with van der Waals surface area (Å²) in [6.45, 7) is -0.555. The first-order valence-corrected chi connectivity index (χ1v) is 7.84. The first-order chi connectivity index (χ1) is 12.3. The van der Waals surface area contributed by atoms with E-state index in [2.05, 4.69) is 10.6 Å². The predicted octanol–water partition coefficient (Wildman–Crippen LogP) is 3.61. The van der Waals surface area contributed by atoms with Crippen molar-refractivity contribution >= 4 is 23.2 Å². The number of alkyl halides is 3. The van der Waals surface area contributed by atoms with Gasteiger partial charge in [-0.25, -0.2) is 0 Å². The van der Waals surface area contributed by atoms with E-state index >= 15 is 0 Å². The van der Waals surface area contributed by atoms with Crippen molar-refractivity contribution in [1.82, 2.24) is 0 Å². The van der Waals surface area contributed by atoms with Crippen LogP contribution in [0.3, 0.4) is 0 Å². The fourth-order valence-corrected chi connectivity index (χ4v) is 2.63. The molecule has 0 aromatic heterocycles. The number of hydrogen-bond acceptors (Lipinski definition) is 3. The molecule has 0 radical (unpaired) electrons. The van der Waals surface area contributed by atoms with Crippen molar-refractivity contribution in [3.63, 3.8) is 0 Å². The molecule has 8 heteroatoms. The van der Waals surface area contributed by atoms with Gasteiger partial charge in [0, 0.05) is 17.8 Å². The van der Waals surface area contributed by atoms with E-state index in [0.717, 1.165) is 17.7 Å². The van der Waals surface area contributed by atoms with Crippen molar-refractivity contribution in [2.45, 2.75) is 19.0 Å². The second-order valence-electron chi connectivity index (χ2n) is 5.75. The third kappa shape index (κ3) is 4.14. The summed E-state index contributed by atoms with van der Waals surface area (Å²) in [4.78, 5) is 23.3. The van der Waals surface area contributed by atoms with Gasteiger partial charge >= 0.3 is 6.18 Å². The van der Waals surface area contributed by atoms with Crippen LogP contribution in [-0.2, 0) is 22.2 Å². The molecule has 0 saturated heterocycles. The molecule has 1 heterocycles. The molecule has 2 amide bonds. The molecule has 3 rings (SSSR count). The number of hydrogen-bond donors (Lipinski definition) is 2. The molecule has 26 heavy (non-hydrogen) atoms. The molecule has 0 atom stereocenters. The highest BCUT2D eigenvalue weighted by molar-refractivity contribution is 5.96. The Balaban J connectivity index is 1.63. The number of carbonyl (C=O) groups excluding carboxylic acids is 2. The van der Waals surface area contributed by atoms with Crippen LogP contribution in [0.2, 0.25) is 0 Å². The lowest BCUT2D eigenvalue weighted by atomic mass is 10.0. The fourth-order valence-electron chi connectivity index (χ4n) is 2.63. The first-order valence-electron chi connectivity index (χ1n) is 7.84. The zero-order valence-corrected chi connectivity index (χ0v) is 13.5. The Morgan fingerprint density at radius 2 is 1.92 bits per heavy atom. The van der Waals surface area contributed by atoms with Gasteiger partial charge in [-0.05, 0) is 42.3 Å². The Morgan fingerprint density at radius 1 is 1.15 bits per heavy atom. The Hall–Kier alpha value is -3.03. The molecule has 5 nitrogen and oxygen atoms in total. The minimum Gasteiger partial charge on any atom is -0.483 e. The number of nitrogens with one attached hydrogen (secondary N) is 2. The lowest BCUT2D eigenvalue weighted by Crippen LogP contribution is -2.22. The summed E-state index contributed by atoms with van der Waals surface area (Å²) in [5, 5.41) is 5.30. The molecule has 0 aliphatic carbocycles. The van der Waals surface area contributed by atoms with E-state index in [0.29, 0.717) is 24.2 Å². The van der Waals surface area contributed by atoms with Crippen LogP contribution in [0.4, 0.5) is 24.5 Å². The van der Waals surface area contributed by atoms with Crippen molar-refractivity contribution in [3.05, 3.63) is 53.6 Å². The molecule has 136 valence electrons. The topological polar surface area (TPSA) is 67.4 Å². The summed E-state index contributed by atoms with van der Waals surface area (Å²) in [6.07, 6.45) is -3.64. The average Bonchev–Trinajstić information content (AvgIpc) is 2.59. The van der Waals surface area contributed by atoms with Crippen LogP contribution in [0.1, 0.15) is 17.5 Å². The van der Waals surface area contributed by atoms with Gasteiger partial charge in [-0.15, -0.1) is 0 Å². The summed E-state index contributed by atoms with van der Waals surface area (Å²) in [7, 11) is 0. The lowest BCUT2D eigenvalue weighted by Gasteiger charge is -2.18. The molecule has 1 aliphatic rings. The highest BCUT2D eigenvalue weighted by Gasteiger charge is 2.34. The number of para-hydroxylation sites is 1. The average molecular weight is 364 g/mol. The summed E-state index contributed by atoms with van der Waals surface area (Å²) < 4.78 is 43.7. The van der Waals surface area contributed by atoms with Crippen molar-refractivity contribution in [3.8, 4) is 5.75 Å². The van der Waals surface area contributed by atoms with Crippen molar-refractivity contribution < 1.29 is 27.5 Å². The SMILES string of the molecule is O=C(COc1ccccc1C(F)(F)F)Nc1ccc2c(c1)CCC(=O)N2. The number of fused-ring (bicyclic) bond motifs is 1. The van der Waals surface area contributed by atoms with Crippen LogP contribution < -0.4 is 15.4 Å². The molecule has 0 saturated carbocycles. The van der Waals surface area contributed by atoms with Gasteiger partial charge in [0.1, 0.15) is 5.75 Å². The standard InChI is InChI=1S/C18H15F3N2O3/c19-18(20,21)13-3-1-2-4-15(13)26-10-17(25)22-12-6-7-14-11(9-12)5-8-16(24)23-14/h1-4,6-7,9H,5,8,10H2,(H,22,25)(H,23,24). The van der Waals surface area contributed by atoms with E-state index in [1.807, 2.05) is 0 Å². The molecule has 2 aromatic rings. The van der Waals surface area contributed by atoms with Crippen LogP contribution in [0.5, 0.6) is 5.75 Å². The van der Waals surface area contributed by atoms with Gasteiger partial charge in [0.2, 0.25) is 5.91 Å². The predicted molar refractivity (Wildman–Crippen MR) is 89.0 cm³/mol. The number of benzene rings is 2. The van der Waals surface area contributed by atoms with Gasteiger partial charge in [-0.2, -0.15) is 13.2 Å². The zero-order chi connectivity index (χ0) is 18.7. The molecule has 1 aliphatic heterocycles. The largest absolute Gasteiger partial charge is 0.483 e. The van der Waals surface area contributed by atoms with Crippen LogP contribution in [-0.4, -0.2) is 18.4 Å². The van der Waals surface area contributed by atoms with Gasteiger partial charge in [-0.3, -0.25) is 9.59 Å². The van der Waals surface area contributed by atoms with Crippen LogP contribution in [0, 0.1) is 0 Å². The maximum Gasteiger partial charge on any atom is 0.419 e. The highest BCUT2D eigenvalue weighted by Crippen LogP contribution is 2.35. The Bertz CT molecular complexity index is 850. The number of ether oxygens (including phenoxy) is 1. The number of amides is 2. The minimum atomic E-state index is -4.56. The van der Waals surface area contributed by atoms with E-state index in [9.17, 15) is 22.8 Å². The Kier molecular flexibility index (Phi) is 4.83. The third-order valence-corrected chi connectivity index (χ3v) is 3.84. The molecule has 0 spiro atoms. The number of anilines is 2. The normalized spacial score (nSPS) is 13.6. The molecule has 0 unspecified atom stereocenters. The summed E-state index contributed by atoms with van der Waals surface area (Å²) in [5.41, 5.74) is 1.12. The van der Waals surface area contributed by atoms with Crippen LogP contribution in [0.25, 0.3) is 0 Å². The fraction of sp³-hybridized carbons (Fsp3) is 0.222. The second kappa shape index (κ2) is 7.07. The third-order valence-electron chi connectivity index (χ3n) is 3.84. The smallest absolute Gasteiger partial charge is 0.419 e. The molecule has 2 aromatic carbocycles. The van der Waals surface area contributed by atoms with E-state index in [4.69, 9.17) is 4.74 Å². The van der Waals surface area contributed by atoms with E-state index in [1.165, 1.54) is 12.1 Å². The highest BCUT2D eigenvalue weighted by atomic mass is 19.4. The molecule has 2 N–H and O–H groups in total. The van der Waals surface area contributed by atoms with Gasteiger partial charge in [0.05, 0.1) is 5.56 Å². The number of carbonyl (C=O) groups is 2. The molecular formula is C18H15F3N2O3. The van der Waals surface area contributed by atoms with Gasteiger partial charge < -0.3 is 15.4 Å². The zero-order valence-electron chi connectivity index (χ0n) is 13.5. The van der Waals surface area contributed by atoms with Crippen LogP contribution >= 0.6 is 0 Å². The van der Waals surface area contributed by atoms with Gasteiger partial charge in [-0.1, -0.05) is 12.1 Å². The maximum atomic E-state index is 12.9. The van der Waals surface area contributed by atoms with E-state index in [1.54, 1.807) is 18.2 Å². The minimum absolute atomic E-state index is 0.0639. The van der Waals surface area contributed by atoms with E-state index < -0.39 is 30.0 Å². The molecular weight excluding hydrogens is 349 g/mol. The summed E-state index contributed by atoms with van der Waals surface area (Å²) in [6, 6.07) is 9.70. The summed E-state index contributed by atoms with van der Waals surface area (Å²) in [5.74, 6) is -1.05. The van der Waals surface area contributed by atoms with E-state index in [-0.39, 0.29) is 5.91 Å². The van der Waals surface area contributed by atoms with Crippen molar-refractivity contribution in [2.24, 2.45) is 0 Å². The van der Waals surface area contributed by atoms with Crippen molar-refractivity contribution in [1.29, 1.82) is 0 Å². The number of rotatable bonds is 4. The Morgan fingerprint density at radius 3 is 2.69 bits per heavy atom. The van der Waals surface area contributed by atoms with Crippen LogP contribution in [0.15, 0.2) is 42.5 Å². The molecule has 0 fully saturated rings. The quantitative estimate of drug-likeness (QED) is 0.871. The van der Waals surface area contributed by atoms with Gasteiger partial charge in [0.25, 0.3) is 5.91 Å². The number of halogens is 3. The maximum absolute atomic E-state index is 12.9.